The molecule has 0 atom stereocenters. The molecule has 0 unspecified atom stereocenters. The van der Waals surface area contributed by atoms with E-state index in [0.717, 1.165) is 54.1 Å². The number of aromatic hydroxyl groups is 1. The van der Waals surface area contributed by atoms with Gasteiger partial charge in [0, 0.05) is 27.0 Å². The molecule has 0 amide bonds. The van der Waals surface area contributed by atoms with Crippen LogP contribution in [-0.2, 0) is 4.57 Å². The molecule has 37 heavy (non-hydrogen) atoms. The molecular weight excluding hydrogens is 471 g/mol. The van der Waals surface area contributed by atoms with E-state index < -0.39 is 7.14 Å². The number of aryl methyl sites for hydroxylation is 2. The van der Waals surface area contributed by atoms with Gasteiger partial charge in [-0.05, 0) is 47.5 Å². The fourth-order valence-corrected chi connectivity index (χ4v) is 8.07. The fourth-order valence-electron chi connectivity index (χ4n) is 5.24. The van der Waals surface area contributed by atoms with Crippen LogP contribution in [-0.4, -0.2) is 5.11 Å². The molecule has 6 aromatic carbocycles. The standard InChI is InChI=1S/C34H27O2P/c1-23-11-17-27(18-12-23)37(36,28-19-13-24(2)14-20-28)32-22-16-26-8-4-6-10-30(26)34(32)33-29-9-5-3-7-25(29)15-21-31(33)35/h3-22,35H,1-2H3. The monoisotopic (exact) mass is 498 g/mol. The number of fused-ring (bicyclic) bond motifs is 2. The summed E-state index contributed by atoms with van der Waals surface area (Å²) in [6.45, 7) is 4.08. The summed E-state index contributed by atoms with van der Waals surface area (Å²) in [5.41, 5.74) is 3.76. The minimum Gasteiger partial charge on any atom is -0.507 e. The van der Waals surface area contributed by atoms with Crippen molar-refractivity contribution in [3.63, 3.8) is 0 Å². The fraction of sp³-hybridized carbons (Fsp3) is 0.0588. The number of benzene rings is 6. The van der Waals surface area contributed by atoms with Gasteiger partial charge in [0.05, 0.1) is 0 Å². The third-order valence-electron chi connectivity index (χ3n) is 7.20. The maximum atomic E-state index is 15.6. The maximum absolute atomic E-state index is 15.6. The van der Waals surface area contributed by atoms with Crippen LogP contribution < -0.4 is 15.9 Å². The highest BCUT2D eigenvalue weighted by Crippen LogP contribution is 2.49. The lowest BCUT2D eigenvalue weighted by molar-refractivity contribution is 0.478. The number of hydrogen-bond donors (Lipinski definition) is 1. The first-order chi connectivity index (χ1) is 18.0. The number of hydrogen-bond acceptors (Lipinski definition) is 2. The van der Waals surface area contributed by atoms with E-state index in [1.165, 1.54) is 0 Å². The molecule has 0 aliphatic carbocycles. The molecule has 0 radical (unpaired) electrons. The Morgan fingerprint density at radius 3 is 1.51 bits per heavy atom. The van der Waals surface area contributed by atoms with Gasteiger partial charge in [-0.15, -0.1) is 0 Å². The highest BCUT2D eigenvalue weighted by molar-refractivity contribution is 7.85. The SMILES string of the molecule is Cc1ccc(P(=O)(c2ccc(C)cc2)c2ccc3ccccc3c2-c2c(O)ccc3ccccc23)cc1. The molecule has 0 aliphatic heterocycles. The van der Waals surface area contributed by atoms with Gasteiger partial charge < -0.3 is 9.67 Å². The summed E-state index contributed by atoms with van der Waals surface area (Å²) in [4.78, 5) is 0. The third kappa shape index (κ3) is 3.86. The Bertz CT molecular complexity index is 1770. The van der Waals surface area contributed by atoms with E-state index in [9.17, 15) is 5.11 Å². The number of phenols is 1. The zero-order valence-corrected chi connectivity index (χ0v) is 21.7. The molecule has 1 N–H and O–H groups in total. The van der Waals surface area contributed by atoms with Gasteiger partial charge >= 0.3 is 0 Å². The van der Waals surface area contributed by atoms with Crippen molar-refractivity contribution >= 4 is 44.6 Å². The van der Waals surface area contributed by atoms with Crippen LogP contribution in [0.3, 0.4) is 0 Å². The lowest BCUT2D eigenvalue weighted by Crippen LogP contribution is -2.26. The van der Waals surface area contributed by atoms with Gasteiger partial charge in [0.15, 0.2) is 7.14 Å². The summed E-state index contributed by atoms with van der Waals surface area (Å²) in [5, 5.41) is 17.6. The van der Waals surface area contributed by atoms with Crippen molar-refractivity contribution < 1.29 is 9.67 Å². The zero-order valence-electron chi connectivity index (χ0n) is 20.8. The number of rotatable bonds is 4. The van der Waals surface area contributed by atoms with E-state index in [1.807, 2.05) is 117 Å². The lowest BCUT2D eigenvalue weighted by atomic mass is 9.93. The summed E-state index contributed by atoms with van der Waals surface area (Å²) in [5.74, 6) is 0.177. The molecule has 0 heterocycles. The van der Waals surface area contributed by atoms with Crippen LogP contribution in [0.5, 0.6) is 5.75 Å². The van der Waals surface area contributed by atoms with E-state index in [1.54, 1.807) is 6.07 Å². The van der Waals surface area contributed by atoms with Crippen LogP contribution >= 0.6 is 7.14 Å². The molecule has 2 nitrogen and oxygen atoms in total. The summed E-state index contributed by atoms with van der Waals surface area (Å²) in [7, 11) is -3.33. The molecular formula is C34H27O2P. The Morgan fingerprint density at radius 1 is 0.514 bits per heavy atom. The molecule has 0 bridgehead atoms. The third-order valence-corrected chi connectivity index (χ3v) is 10.3. The van der Waals surface area contributed by atoms with Crippen molar-refractivity contribution in [2.75, 3.05) is 0 Å². The first-order valence-electron chi connectivity index (χ1n) is 12.4. The van der Waals surface area contributed by atoms with Crippen molar-refractivity contribution in [2.45, 2.75) is 13.8 Å². The van der Waals surface area contributed by atoms with E-state index >= 15 is 4.57 Å². The molecule has 0 fully saturated rings. The molecule has 0 aliphatic rings. The van der Waals surface area contributed by atoms with Crippen LogP contribution in [0.15, 0.2) is 121 Å². The van der Waals surface area contributed by atoms with Crippen molar-refractivity contribution in [1.82, 2.24) is 0 Å². The predicted molar refractivity (Wildman–Crippen MR) is 157 cm³/mol. The summed E-state index contributed by atoms with van der Waals surface area (Å²) >= 11 is 0. The topological polar surface area (TPSA) is 37.3 Å². The predicted octanol–water partition coefficient (Wildman–Crippen LogP) is 7.62. The van der Waals surface area contributed by atoms with Gasteiger partial charge in [0.2, 0.25) is 0 Å². The summed E-state index contributed by atoms with van der Waals surface area (Å²) < 4.78 is 15.6. The average Bonchev–Trinajstić information content (AvgIpc) is 2.93. The highest BCUT2D eigenvalue weighted by Gasteiger charge is 2.34. The molecule has 0 spiro atoms. The van der Waals surface area contributed by atoms with Gasteiger partial charge in [-0.25, -0.2) is 0 Å². The van der Waals surface area contributed by atoms with Crippen molar-refractivity contribution in [3.8, 4) is 16.9 Å². The summed E-state index contributed by atoms with van der Waals surface area (Å²) in [6, 6.07) is 39.9. The van der Waals surface area contributed by atoms with E-state index in [-0.39, 0.29) is 5.75 Å². The normalized spacial score (nSPS) is 11.7. The Morgan fingerprint density at radius 2 is 0.973 bits per heavy atom. The smallest absolute Gasteiger partial charge is 0.171 e. The van der Waals surface area contributed by atoms with Gasteiger partial charge in [-0.3, -0.25) is 0 Å². The van der Waals surface area contributed by atoms with E-state index in [2.05, 4.69) is 12.1 Å². The zero-order chi connectivity index (χ0) is 25.6. The first kappa shape index (κ1) is 23.3. The van der Waals surface area contributed by atoms with Crippen LogP contribution in [0.2, 0.25) is 0 Å². The van der Waals surface area contributed by atoms with E-state index in [4.69, 9.17) is 0 Å². The Hall–Kier alpha value is -4.13. The quantitative estimate of drug-likeness (QED) is 0.254. The molecule has 180 valence electrons. The Balaban J connectivity index is 1.80. The maximum Gasteiger partial charge on any atom is 0.171 e. The molecule has 0 saturated heterocycles. The van der Waals surface area contributed by atoms with Crippen molar-refractivity contribution in [3.05, 3.63) is 132 Å². The highest BCUT2D eigenvalue weighted by atomic mass is 31.2. The second-order valence-corrected chi connectivity index (χ2v) is 12.4. The van der Waals surface area contributed by atoms with Crippen molar-refractivity contribution in [2.24, 2.45) is 0 Å². The van der Waals surface area contributed by atoms with Crippen LogP contribution in [0.1, 0.15) is 11.1 Å². The van der Waals surface area contributed by atoms with Crippen LogP contribution in [0, 0.1) is 13.8 Å². The lowest BCUT2D eigenvalue weighted by Gasteiger charge is -2.25. The second-order valence-electron chi connectivity index (χ2n) is 9.64. The number of phenolic OH excluding ortho intramolecular Hbond substituents is 1. The Kier molecular flexibility index (Phi) is 5.71. The minimum absolute atomic E-state index is 0.177. The van der Waals surface area contributed by atoms with Crippen molar-refractivity contribution in [1.29, 1.82) is 0 Å². The van der Waals surface area contributed by atoms with Gasteiger partial charge in [-0.1, -0.05) is 120 Å². The van der Waals surface area contributed by atoms with E-state index in [0.29, 0.717) is 5.56 Å². The van der Waals surface area contributed by atoms with Crippen LogP contribution in [0.25, 0.3) is 32.7 Å². The molecule has 6 aromatic rings. The molecule has 0 saturated carbocycles. The second kappa shape index (κ2) is 9.07. The van der Waals surface area contributed by atoms with Gasteiger partial charge in [-0.2, -0.15) is 0 Å². The average molecular weight is 499 g/mol. The molecule has 0 aromatic heterocycles. The largest absolute Gasteiger partial charge is 0.507 e. The first-order valence-corrected chi connectivity index (χ1v) is 14.2. The summed E-state index contributed by atoms with van der Waals surface area (Å²) in [6.07, 6.45) is 0. The molecule has 3 heteroatoms. The van der Waals surface area contributed by atoms with Gasteiger partial charge in [0.1, 0.15) is 5.75 Å². The van der Waals surface area contributed by atoms with Crippen LogP contribution in [0.4, 0.5) is 0 Å². The Labute approximate surface area is 217 Å². The van der Waals surface area contributed by atoms with Gasteiger partial charge in [0.25, 0.3) is 0 Å². The minimum atomic E-state index is -3.33. The molecule has 6 rings (SSSR count).